The van der Waals surface area contributed by atoms with Crippen molar-refractivity contribution in [3.63, 3.8) is 0 Å². The molecule has 22 heavy (non-hydrogen) atoms. The first-order chi connectivity index (χ1) is 10.4. The molecule has 1 aliphatic heterocycles. The molecule has 0 unspecified atom stereocenters. The van der Waals surface area contributed by atoms with Crippen LogP contribution in [0.4, 0.5) is 10.6 Å². The Labute approximate surface area is 131 Å². The number of amides is 2. The third kappa shape index (κ3) is 4.46. The quantitative estimate of drug-likeness (QED) is 0.780. The fourth-order valence-corrected chi connectivity index (χ4v) is 4.29. The Hall–Kier alpha value is -1.57. The van der Waals surface area contributed by atoms with Crippen LogP contribution >= 0.6 is 0 Å². The molecule has 2 heterocycles. The lowest BCUT2D eigenvalue weighted by Crippen LogP contribution is -2.31. The number of urea groups is 1. The van der Waals surface area contributed by atoms with Crippen molar-refractivity contribution >= 4 is 21.7 Å². The fraction of sp³-hybridized carbons (Fsp3) is 0.714. The molecule has 0 aromatic carbocycles. The van der Waals surface area contributed by atoms with E-state index >= 15 is 0 Å². The van der Waals surface area contributed by atoms with Gasteiger partial charge >= 0.3 is 6.03 Å². The first-order valence-corrected chi connectivity index (χ1v) is 9.55. The number of anilines is 1. The summed E-state index contributed by atoms with van der Waals surface area (Å²) in [5, 5.41) is 9.90. The first kappa shape index (κ1) is 16.8. The van der Waals surface area contributed by atoms with E-state index in [9.17, 15) is 13.2 Å². The van der Waals surface area contributed by atoms with Crippen LogP contribution in [0.2, 0.25) is 0 Å². The number of nitrogens with one attached hydrogen (secondary N) is 2. The molecule has 1 saturated heterocycles. The van der Waals surface area contributed by atoms with E-state index in [0.29, 0.717) is 18.8 Å². The summed E-state index contributed by atoms with van der Waals surface area (Å²) >= 11 is 0. The lowest BCUT2D eigenvalue weighted by atomic mass is 10.2. The summed E-state index contributed by atoms with van der Waals surface area (Å²) in [6.07, 6.45) is 3.67. The van der Waals surface area contributed by atoms with Crippen LogP contribution in [0.25, 0.3) is 0 Å². The molecule has 2 rings (SSSR count). The fourth-order valence-electron chi connectivity index (χ4n) is 2.59. The Bertz CT molecular complexity index is 624. The topological polar surface area (TPSA) is 93.1 Å². The zero-order chi connectivity index (χ0) is 16.2. The van der Waals surface area contributed by atoms with Crippen LogP contribution in [0.3, 0.4) is 0 Å². The molecular formula is C14H24N4O3S. The zero-order valence-corrected chi connectivity index (χ0v) is 13.9. The monoisotopic (exact) mass is 328 g/mol. The minimum absolute atomic E-state index is 0.0842. The third-order valence-corrected chi connectivity index (χ3v) is 5.47. The molecule has 1 aromatic heterocycles. The van der Waals surface area contributed by atoms with E-state index in [2.05, 4.69) is 22.7 Å². The Morgan fingerprint density at radius 1 is 1.45 bits per heavy atom. The summed E-state index contributed by atoms with van der Waals surface area (Å²) in [5.74, 6) is 0.813. The van der Waals surface area contributed by atoms with E-state index < -0.39 is 9.84 Å². The molecule has 1 fully saturated rings. The van der Waals surface area contributed by atoms with Crippen molar-refractivity contribution in [2.45, 2.75) is 45.6 Å². The van der Waals surface area contributed by atoms with Crippen LogP contribution in [0, 0.1) is 6.92 Å². The molecule has 2 N–H and O–H groups in total. The summed E-state index contributed by atoms with van der Waals surface area (Å²) in [4.78, 5) is 11.9. The number of nitrogens with zero attached hydrogens (tertiary/aromatic N) is 2. The number of unbranched alkanes of at least 4 members (excludes halogenated alkanes) is 2. The lowest BCUT2D eigenvalue weighted by Gasteiger charge is -2.14. The van der Waals surface area contributed by atoms with Crippen molar-refractivity contribution in [2.75, 3.05) is 23.4 Å². The molecule has 0 spiro atoms. The SMILES string of the molecule is CCCCCNC(=O)Nc1cc(C)nn1[C@H]1CCS(=O)(=O)C1. The minimum atomic E-state index is -2.99. The van der Waals surface area contributed by atoms with Gasteiger partial charge in [0.1, 0.15) is 5.82 Å². The van der Waals surface area contributed by atoms with Crippen molar-refractivity contribution in [2.24, 2.45) is 0 Å². The highest BCUT2D eigenvalue weighted by atomic mass is 32.2. The maximum atomic E-state index is 11.9. The molecule has 2 amide bonds. The molecule has 1 atom stereocenters. The van der Waals surface area contributed by atoms with Gasteiger partial charge in [-0.2, -0.15) is 5.10 Å². The van der Waals surface area contributed by atoms with Gasteiger partial charge in [-0.25, -0.2) is 17.9 Å². The highest BCUT2D eigenvalue weighted by Crippen LogP contribution is 2.27. The highest BCUT2D eigenvalue weighted by Gasteiger charge is 2.31. The standard InChI is InChI=1S/C14H24N4O3S/c1-3-4-5-7-15-14(19)16-13-9-11(2)17-18(13)12-6-8-22(20,21)10-12/h9,12H,3-8,10H2,1-2H3,(H2,15,16,19)/t12-/m0/s1. The molecule has 1 aliphatic rings. The first-order valence-electron chi connectivity index (χ1n) is 7.72. The van der Waals surface area contributed by atoms with Gasteiger partial charge < -0.3 is 5.32 Å². The number of hydrogen-bond donors (Lipinski definition) is 2. The van der Waals surface area contributed by atoms with Crippen LogP contribution in [0.5, 0.6) is 0 Å². The molecular weight excluding hydrogens is 304 g/mol. The van der Waals surface area contributed by atoms with Crippen molar-refractivity contribution in [1.82, 2.24) is 15.1 Å². The third-order valence-electron chi connectivity index (χ3n) is 3.72. The predicted molar refractivity (Wildman–Crippen MR) is 85.8 cm³/mol. The van der Waals surface area contributed by atoms with Crippen molar-refractivity contribution in [3.05, 3.63) is 11.8 Å². The number of sulfone groups is 1. The smallest absolute Gasteiger partial charge is 0.320 e. The summed E-state index contributed by atoms with van der Waals surface area (Å²) < 4.78 is 24.9. The summed E-state index contributed by atoms with van der Waals surface area (Å²) in [7, 11) is -2.99. The largest absolute Gasteiger partial charge is 0.338 e. The van der Waals surface area contributed by atoms with E-state index in [-0.39, 0.29) is 23.6 Å². The average Bonchev–Trinajstić information content (AvgIpc) is 2.97. The van der Waals surface area contributed by atoms with Crippen LogP contribution in [0.1, 0.15) is 44.3 Å². The van der Waals surface area contributed by atoms with E-state index in [1.54, 1.807) is 10.7 Å². The van der Waals surface area contributed by atoms with Gasteiger partial charge in [0.15, 0.2) is 9.84 Å². The second-order valence-corrected chi connectivity index (χ2v) is 7.99. The van der Waals surface area contributed by atoms with Gasteiger partial charge in [0.25, 0.3) is 0 Å². The molecule has 124 valence electrons. The van der Waals surface area contributed by atoms with Gasteiger partial charge in [0.2, 0.25) is 0 Å². The maximum Gasteiger partial charge on any atom is 0.320 e. The van der Waals surface area contributed by atoms with E-state index in [1.807, 2.05) is 6.92 Å². The summed E-state index contributed by atoms with van der Waals surface area (Å²) in [6.45, 7) is 4.56. The number of rotatable bonds is 6. The summed E-state index contributed by atoms with van der Waals surface area (Å²) in [6, 6.07) is 1.28. The molecule has 0 saturated carbocycles. The van der Waals surface area contributed by atoms with E-state index in [4.69, 9.17) is 0 Å². The number of aromatic nitrogens is 2. The molecule has 7 nitrogen and oxygen atoms in total. The Morgan fingerprint density at radius 3 is 2.86 bits per heavy atom. The van der Waals surface area contributed by atoms with Gasteiger partial charge in [-0.15, -0.1) is 0 Å². The molecule has 1 aromatic rings. The second-order valence-electron chi connectivity index (χ2n) is 5.76. The number of aryl methyl sites for hydroxylation is 1. The number of carbonyl (C=O) groups is 1. The minimum Gasteiger partial charge on any atom is -0.338 e. The average molecular weight is 328 g/mol. The van der Waals surface area contributed by atoms with Crippen LogP contribution < -0.4 is 10.6 Å². The van der Waals surface area contributed by atoms with Crippen LogP contribution in [-0.2, 0) is 9.84 Å². The van der Waals surface area contributed by atoms with E-state index in [1.165, 1.54) is 0 Å². The second kappa shape index (κ2) is 7.13. The molecule has 0 bridgehead atoms. The van der Waals surface area contributed by atoms with Crippen molar-refractivity contribution < 1.29 is 13.2 Å². The van der Waals surface area contributed by atoms with Gasteiger partial charge in [-0.05, 0) is 19.8 Å². The van der Waals surface area contributed by atoms with Gasteiger partial charge in [0, 0.05) is 12.6 Å². The summed E-state index contributed by atoms with van der Waals surface area (Å²) in [5.41, 5.74) is 0.755. The highest BCUT2D eigenvalue weighted by molar-refractivity contribution is 7.91. The van der Waals surface area contributed by atoms with Crippen LogP contribution in [0.15, 0.2) is 6.07 Å². The Balaban J connectivity index is 1.98. The Morgan fingerprint density at radius 2 is 2.23 bits per heavy atom. The lowest BCUT2D eigenvalue weighted by molar-refractivity contribution is 0.251. The predicted octanol–water partition coefficient (Wildman–Crippen LogP) is 1.86. The maximum absolute atomic E-state index is 11.9. The number of carbonyl (C=O) groups excluding carboxylic acids is 1. The van der Waals surface area contributed by atoms with Gasteiger partial charge in [-0.1, -0.05) is 19.8 Å². The molecule has 8 heteroatoms. The number of hydrogen-bond acceptors (Lipinski definition) is 4. The molecule has 0 aliphatic carbocycles. The molecule has 0 radical (unpaired) electrons. The normalized spacial score (nSPS) is 20.0. The zero-order valence-electron chi connectivity index (χ0n) is 13.1. The van der Waals surface area contributed by atoms with Gasteiger partial charge in [0.05, 0.1) is 23.2 Å². The van der Waals surface area contributed by atoms with Crippen LogP contribution in [-0.4, -0.2) is 42.3 Å². The van der Waals surface area contributed by atoms with Gasteiger partial charge in [-0.3, -0.25) is 5.32 Å². The van der Waals surface area contributed by atoms with E-state index in [0.717, 1.165) is 25.0 Å². The van der Waals surface area contributed by atoms with Crippen molar-refractivity contribution in [1.29, 1.82) is 0 Å². The Kier molecular flexibility index (Phi) is 5.44. The van der Waals surface area contributed by atoms with Crippen molar-refractivity contribution in [3.8, 4) is 0 Å².